The predicted octanol–water partition coefficient (Wildman–Crippen LogP) is 1.57. The summed E-state index contributed by atoms with van der Waals surface area (Å²) in [5, 5.41) is 19.0. The number of halogens is 1. The molecule has 0 saturated carbocycles. The summed E-state index contributed by atoms with van der Waals surface area (Å²) >= 11 is 0. The average molecular weight is 295 g/mol. The van der Waals surface area contributed by atoms with E-state index in [1.165, 1.54) is 23.1 Å². The van der Waals surface area contributed by atoms with E-state index < -0.39 is 23.8 Å². The van der Waals surface area contributed by atoms with Gasteiger partial charge in [0.1, 0.15) is 5.82 Å². The molecule has 1 heterocycles. The molecule has 1 amide bonds. The summed E-state index contributed by atoms with van der Waals surface area (Å²) in [6, 6.07) is 5.48. The van der Waals surface area contributed by atoms with Gasteiger partial charge in [-0.1, -0.05) is 12.1 Å². The van der Waals surface area contributed by atoms with Crippen LogP contribution >= 0.6 is 0 Å². The Balaban J connectivity index is 1.96. The van der Waals surface area contributed by atoms with Crippen LogP contribution in [0.15, 0.2) is 24.3 Å². The van der Waals surface area contributed by atoms with Gasteiger partial charge in [0.2, 0.25) is 5.91 Å². The minimum atomic E-state index is -1.08. The van der Waals surface area contributed by atoms with Crippen molar-refractivity contribution in [3.63, 3.8) is 0 Å². The van der Waals surface area contributed by atoms with E-state index in [1.54, 1.807) is 6.07 Å². The zero-order chi connectivity index (χ0) is 15.4. The quantitative estimate of drug-likeness (QED) is 0.884. The van der Waals surface area contributed by atoms with Crippen LogP contribution in [0.1, 0.15) is 30.9 Å². The summed E-state index contributed by atoms with van der Waals surface area (Å²) in [5.74, 6) is -2.23. The van der Waals surface area contributed by atoms with Gasteiger partial charge in [-0.25, -0.2) is 4.39 Å². The number of aliphatic carboxylic acids is 1. The maximum absolute atomic E-state index is 13.1. The van der Waals surface area contributed by atoms with Crippen molar-refractivity contribution in [1.82, 2.24) is 4.90 Å². The molecule has 2 atom stereocenters. The highest BCUT2D eigenvalue weighted by Gasteiger charge is 2.29. The molecule has 1 aromatic rings. The Labute approximate surface area is 122 Å². The number of amides is 1. The lowest BCUT2D eigenvalue weighted by Gasteiger charge is -2.31. The fourth-order valence-corrected chi connectivity index (χ4v) is 2.53. The number of aliphatic hydroxyl groups excluding tert-OH is 1. The normalized spacial score (nSPS) is 20.1. The number of hydrogen-bond acceptors (Lipinski definition) is 3. The number of carboxylic acid groups (broad SMARTS) is 1. The second kappa shape index (κ2) is 6.67. The van der Waals surface area contributed by atoms with Gasteiger partial charge in [0.15, 0.2) is 0 Å². The van der Waals surface area contributed by atoms with Crippen LogP contribution in [0, 0.1) is 11.7 Å². The van der Waals surface area contributed by atoms with Crippen LogP contribution in [0.2, 0.25) is 0 Å². The lowest BCUT2D eigenvalue weighted by molar-refractivity contribution is -0.146. The van der Waals surface area contributed by atoms with E-state index in [0.717, 1.165) is 0 Å². The molecule has 1 aliphatic heterocycles. The Kier molecular flexibility index (Phi) is 4.90. The fourth-order valence-electron chi connectivity index (χ4n) is 2.53. The number of carbonyl (C=O) groups excluding carboxylic acids is 1. The molecule has 2 N–H and O–H groups in total. The number of carboxylic acids is 1. The van der Waals surface area contributed by atoms with E-state index in [-0.39, 0.29) is 18.9 Å². The first-order valence-corrected chi connectivity index (χ1v) is 6.91. The van der Waals surface area contributed by atoms with E-state index in [9.17, 15) is 19.1 Å². The number of piperidine rings is 1. The van der Waals surface area contributed by atoms with Crippen molar-refractivity contribution in [2.24, 2.45) is 5.92 Å². The summed E-state index contributed by atoms with van der Waals surface area (Å²) in [6.45, 7) is 0.669. The molecule has 0 aromatic heterocycles. The van der Waals surface area contributed by atoms with E-state index >= 15 is 0 Å². The van der Waals surface area contributed by atoms with Gasteiger partial charge >= 0.3 is 5.97 Å². The Morgan fingerprint density at radius 1 is 1.43 bits per heavy atom. The Morgan fingerprint density at radius 3 is 2.86 bits per heavy atom. The number of benzene rings is 1. The molecule has 1 aromatic carbocycles. The second-order valence-electron chi connectivity index (χ2n) is 5.29. The lowest BCUT2D eigenvalue weighted by Crippen LogP contribution is -2.42. The minimum absolute atomic E-state index is 0.171. The first-order valence-electron chi connectivity index (χ1n) is 6.91. The van der Waals surface area contributed by atoms with Crippen LogP contribution in [-0.2, 0) is 9.59 Å². The maximum Gasteiger partial charge on any atom is 0.308 e. The first kappa shape index (κ1) is 15.4. The molecule has 1 saturated heterocycles. The van der Waals surface area contributed by atoms with E-state index in [1.807, 2.05) is 0 Å². The molecule has 0 aliphatic carbocycles. The van der Waals surface area contributed by atoms with Crippen molar-refractivity contribution in [1.29, 1.82) is 0 Å². The van der Waals surface area contributed by atoms with Gasteiger partial charge in [-0.2, -0.15) is 0 Å². The summed E-state index contributed by atoms with van der Waals surface area (Å²) in [5.41, 5.74) is 0.343. The monoisotopic (exact) mass is 295 g/mol. The van der Waals surface area contributed by atoms with Gasteiger partial charge in [0.25, 0.3) is 0 Å². The summed E-state index contributed by atoms with van der Waals surface area (Å²) in [7, 11) is 0. The Hall–Kier alpha value is -1.95. The van der Waals surface area contributed by atoms with Crippen molar-refractivity contribution in [3.8, 4) is 0 Å². The second-order valence-corrected chi connectivity index (χ2v) is 5.29. The van der Waals surface area contributed by atoms with Crippen molar-refractivity contribution < 1.29 is 24.2 Å². The van der Waals surface area contributed by atoms with E-state index in [0.29, 0.717) is 24.9 Å². The number of likely N-dealkylation sites (tertiary alicyclic amines) is 1. The van der Waals surface area contributed by atoms with Crippen molar-refractivity contribution in [2.75, 3.05) is 13.1 Å². The molecule has 0 bridgehead atoms. The average Bonchev–Trinajstić information content (AvgIpc) is 2.47. The number of aliphatic hydroxyl groups is 1. The highest BCUT2D eigenvalue weighted by atomic mass is 19.1. The van der Waals surface area contributed by atoms with Gasteiger partial charge in [-0.15, -0.1) is 0 Å². The molecule has 1 aliphatic rings. The van der Waals surface area contributed by atoms with Crippen LogP contribution < -0.4 is 0 Å². The Bertz CT molecular complexity index is 534. The molecule has 114 valence electrons. The highest BCUT2D eigenvalue weighted by Crippen LogP contribution is 2.22. The van der Waals surface area contributed by atoms with Gasteiger partial charge in [-0.05, 0) is 30.5 Å². The van der Waals surface area contributed by atoms with Gasteiger partial charge in [0, 0.05) is 13.1 Å². The number of rotatable bonds is 4. The summed E-state index contributed by atoms with van der Waals surface area (Å²) < 4.78 is 13.1. The third kappa shape index (κ3) is 4.01. The zero-order valence-electron chi connectivity index (χ0n) is 11.5. The molecule has 21 heavy (non-hydrogen) atoms. The van der Waals surface area contributed by atoms with Gasteiger partial charge in [0.05, 0.1) is 18.4 Å². The van der Waals surface area contributed by atoms with Crippen molar-refractivity contribution in [3.05, 3.63) is 35.6 Å². The fraction of sp³-hybridized carbons (Fsp3) is 0.467. The molecule has 5 nitrogen and oxygen atoms in total. The summed E-state index contributed by atoms with van der Waals surface area (Å²) in [6.07, 6.45) is -0.0569. The molecule has 0 spiro atoms. The number of nitrogens with zero attached hydrogens (tertiary/aromatic N) is 1. The molecule has 0 radical (unpaired) electrons. The topological polar surface area (TPSA) is 77.8 Å². The Morgan fingerprint density at radius 2 is 2.19 bits per heavy atom. The predicted molar refractivity (Wildman–Crippen MR) is 72.9 cm³/mol. The largest absolute Gasteiger partial charge is 0.481 e. The molecule has 1 fully saturated rings. The van der Waals surface area contributed by atoms with Crippen molar-refractivity contribution >= 4 is 11.9 Å². The summed E-state index contributed by atoms with van der Waals surface area (Å²) in [4.78, 5) is 24.6. The van der Waals surface area contributed by atoms with Crippen LogP contribution in [0.3, 0.4) is 0 Å². The molecule has 6 heteroatoms. The minimum Gasteiger partial charge on any atom is -0.481 e. The van der Waals surface area contributed by atoms with Crippen LogP contribution in [0.5, 0.6) is 0 Å². The number of carbonyl (C=O) groups is 2. The molecular weight excluding hydrogens is 277 g/mol. The van der Waals surface area contributed by atoms with Gasteiger partial charge < -0.3 is 15.1 Å². The third-order valence-electron chi connectivity index (χ3n) is 3.72. The highest BCUT2D eigenvalue weighted by molar-refractivity contribution is 5.78. The van der Waals surface area contributed by atoms with Gasteiger partial charge in [-0.3, -0.25) is 9.59 Å². The smallest absolute Gasteiger partial charge is 0.308 e. The first-order chi connectivity index (χ1) is 9.97. The SMILES string of the molecule is O=C(O)[C@H]1CCCN(C(=O)CC(O)c2cccc(F)c2)C1. The number of hydrogen-bond donors (Lipinski definition) is 2. The van der Waals surface area contributed by atoms with E-state index in [4.69, 9.17) is 5.11 Å². The lowest BCUT2D eigenvalue weighted by atomic mass is 9.97. The van der Waals surface area contributed by atoms with Crippen molar-refractivity contribution in [2.45, 2.75) is 25.4 Å². The standard InChI is InChI=1S/C15H18FNO4/c16-12-5-1-3-10(7-12)13(18)8-14(19)17-6-2-4-11(9-17)15(20)21/h1,3,5,7,11,13,18H,2,4,6,8-9H2,(H,20,21)/t11-,13?/m0/s1. The maximum atomic E-state index is 13.1. The molecule has 1 unspecified atom stereocenters. The third-order valence-corrected chi connectivity index (χ3v) is 3.72. The zero-order valence-corrected chi connectivity index (χ0v) is 11.5. The van der Waals surface area contributed by atoms with Crippen LogP contribution in [0.4, 0.5) is 4.39 Å². The molecule has 2 rings (SSSR count). The van der Waals surface area contributed by atoms with Crippen LogP contribution in [-0.4, -0.2) is 40.1 Å². The van der Waals surface area contributed by atoms with Crippen LogP contribution in [0.25, 0.3) is 0 Å². The molecular formula is C15H18FNO4. The van der Waals surface area contributed by atoms with E-state index in [2.05, 4.69) is 0 Å².